The fourth-order valence-corrected chi connectivity index (χ4v) is 14.7. The number of H-pyrrole nitrogens is 1. The number of pyridine rings is 4. The van der Waals surface area contributed by atoms with Crippen molar-refractivity contribution in [2.45, 2.75) is 183 Å². The number of nitrogen functional groups attached to an aromatic ring is 1. The molecule has 7 aliphatic heterocycles. The molecule has 11 N–H and O–H groups in total. The molecule has 7 amide bonds. The number of aromatic nitrogens is 10. The summed E-state index contributed by atoms with van der Waals surface area (Å²) in [4.78, 5) is 173. The molecule has 0 radical (unpaired) electrons. The second kappa shape index (κ2) is 41.0. The first-order chi connectivity index (χ1) is 56.0. The molecule has 3 spiro atoms. The van der Waals surface area contributed by atoms with Crippen molar-refractivity contribution < 1.29 is 87.7 Å². The number of hydrogen-bond donors (Lipinski definition) is 9. The van der Waals surface area contributed by atoms with Crippen LogP contribution in [-0.4, -0.2) is 204 Å². The highest BCUT2D eigenvalue weighted by Crippen LogP contribution is 2.48. The van der Waals surface area contributed by atoms with Gasteiger partial charge in [-0.05, 0) is 137 Å². The molecule has 50 heteroatoms. The number of fused-ring (bicyclic) bond motifs is 6. The summed E-state index contributed by atoms with van der Waals surface area (Å²) in [5.41, 5.74) is -3.87. The Kier molecular flexibility index (Phi) is 35.0. The second-order valence-corrected chi connectivity index (χ2v) is 33.6. The van der Waals surface area contributed by atoms with E-state index in [0.29, 0.717) is 15.0 Å². The Bertz CT molecular complexity index is 5470. The molecule has 0 bridgehead atoms. The van der Waals surface area contributed by atoms with Gasteiger partial charge in [0, 0.05) is 77.0 Å². The lowest BCUT2D eigenvalue weighted by Gasteiger charge is -2.46. The Morgan fingerprint density at radius 2 is 0.857 bits per heavy atom. The number of piperidine rings is 4. The Morgan fingerprint density at radius 3 is 1.22 bits per heavy atom. The predicted molar refractivity (Wildman–Crippen MR) is 460 cm³/mol. The molecule has 0 aliphatic carbocycles. The Balaban J connectivity index is 0.000000330. The lowest BCUT2D eigenvalue weighted by Crippen LogP contribution is -2.69. The van der Waals surface area contributed by atoms with Gasteiger partial charge < -0.3 is 77.3 Å². The molecule has 3 unspecified atom stereocenters. The minimum Gasteiger partial charge on any atom is -0.444 e. The Labute approximate surface area is 752 Å². The number of alkyl halides is 8. The number of nitrogens with two attached hydrogens (primary N) is 2. The number of halogens is 14. The van der Waals surface area contributed by atoms with E-state index in [2.05, 4.69) is 98.6 Å². The van der Waals surface area contributed by atoms with Crippen LogP contribution >= 0.6 is 78.3 Å². The van der Waals surface area contributed by atoms with Crippen LogP contribution in [0.1, 0.15) is 167 Å². The van der Waals surface area contributed by atoms with Crippen LogP contribution in [0.4, 0.5) is 78.3 Å². The topological polar surface area (TPSA) is 474 Å². The van der Waals surface area contributed by atoms with Gasteiger partial charge in [0.15, 0.2) is 5.66 Å². The van der Waals surface area contributed by atoms with Gasteiger partial charge in [-0.25, -0.2) is 70.6 Å². The van der Waals surface area contributed by atoms with E-state index in [1.807, 2.05) is 0 Å². The first kappa shape index (κ1) is 108. The summed E-state index contributed by atoms with van der Waals surface area (Å²) in [6, 6.07) is 9.50. The van der Waals surface area contributed by atoms with Crippen LogP contribution in [0.15, 0.2) is 108 Å². The Morgan fingerprint density at radius 1 is 0.492 bits per heavy atom. The predicted octanol–water partition coefficient (Wildman–Crippen LogP) is 12.7. The summed E-state index contributed by atoms with van der Waals surface area (Å²) in [5, 5.41) is 14.6. The average molecular weight is 2000 g/mol. The number of carbonyl (C=O) groups excluding carboxylic acids is 8. The van der Waals surface area contributed by atoms with E-state index in [1.54, 1.807) is 74.6 Å². The summed E-state index contributed by atoms with van der Waals surface area (Å²) in [6.07, 6.45) is 3.28. The highest BCUT2D eigenvalue weighted by atomic mass is 79.9. The molecule has 7 aromatic heterocycles. The van der Waals surface area contributed by atoms with Gasteiger partial charge in [0.2, 0.25) is 17.1 Å². The third-order valence-corrected chi connectivity index (χ3v) is 20.4. The van der Waals surface area contributed by atoms with Crippen LogP contribution in [0, 0.1) is 0 Å². The van der Waals surface area contributed by atoms with Gasteiger partial charge in [0.25, 0.3) is 63.6 Å². The summed E-state index contributed by atoms with van der Waals surface area (Å²) < 4.78 is 134. The number of primary amides is 1. The van der Waals surface area contributed by atoms with Gasteiger partial charge in [0.05, 0.1) is 48.7 Å². The number of ether oxygens (including phenoxy) is 3. The van der Waals surface area contributed by atoms with Crippen LogP contribution in [0.2, 0.25) is 20.1 Å². The van der Waals surface area contributed by atoms with E-state index in [4.69, 9.17) is 72.1 Å². The Hall–Kier alpha value is -10.7. The highest BCUT2D eigenvalue weighted by Gasteiger charge is 2.67. The number of amides is 7. The minimum atomic E-state index is -3.58. The van der Waals surface area contributed by atoms with E-state index in [9.17, 15) is 75.1 Å². The van der Waals surface area contributed by atoms with E-state index in [-0.39, 0.29) is 139 Å². The normalized spacial score (nSPS) is 19.7. The molecule has 7 aromatic rings. The van der Waals surface area contributed by atoms with Gasteiger partial charge in [-0.3, -0.25) is 56.9 Å². The maximum atomic E-state index is 15.4. The molecular formula is C76H95Br2Cl4F8N21O15. The quantitative estimate of drug-likeness (QED) is 0.0571. The van der Waals surface area contributed by atoms with Crippen LogP contribution < -0.4 is 65.6 Å². The number of nitrogens with zero attached hydrogens (tertiary/aromatic N) is 12. The molecular weight excluding hydrogens is 1900 g/mol. The molecule has 0 aromatic carbocycles. The zero-order chi connectivity index (χ0) is 90.0. The third kappa shape index (κ3) is 23.4. The van der Waals surface area contributed by atoms with Gasteiger partial charge in [0.1, 0.15) is 87.4 Å². The molecule has 3 atom stereocenters. The number of carbonyl (C=O) groups is 8. The first-order valence-corrected chi connectivity index (χ1v) is 38.8. The van der Waals surface area contributed by atoms with Crippen molar-refractivity contribution in [3.8, 4) is 0 Å². The third-order valence-electron chi connectivity index (χ3n) is 18.1. The molecule has 7 aliphatic rings. The molecule has 14 rings (SSSR count). The lowest BCUT2D eigenvalue weighted by molar-refractivity contribution is -0.161. The molecule has 36 nitrogen and oxygen atoms in total. The van der Waals surface area contributed by atoms with E-state index >= 15 is 17.6 Å². The SMILES string of the molecule is C.C.C.C.C.CC(C)(C)OC(=O)N1CCC(F)(F)C(=O)C1.CC(C)(C)OC(=O)N1CCC(F)(F)C2(C1)NC(=O)c1c(Cl)cc(Br)c(=O)n12.CC(C)(C)OC(=O)N1CCC(F)(F)C2(C1)NC(=O)c1c(Cl)cc(Nc3ccncn3)c(=O)n12.NC(=O)c1[nH]c(=O)c(Br)cc1Cl.Nc1ccncn1.O=C1NC2(CNCCC2(F)F)n2c1c(Cl)cc(Nc1ccncn1)c2=O. The van der Waals surface area contributed by atoms with Gasteiger partial charge in [-0.1, -0.05) is 83.5 Å². The number of rotatable bonds is 5. The van der Waals surface area contributed by atoms with Crippen molar-refractivity contribution in [1.29, 1.82) is 0 Å². The van der Waals surface area contributed by atoms with Crippen molar-refractivity contribution in [1.82, 2.24) is 84.6 Å². The maximum Gasteiger partial charge on any atom is 0.410 e. The maximum absolute atomic E-state index is 15.4. The summed E-state index contributed by atoms with van der Waals surface area (Å²) in [7, 11) is 0. The minimum absolute atomic E-state index is 0. The van der Waals surface area contributed by atoms with Crippen molar-refractivity contribution in [3.05, 3.63) is 173 Å². The highest BCUT2D eigenvalue weighted by molar-refractivity contribution is 9.10. The lowest BCUT2D eigenvalue weighted by atomic mass is 9.93. The molecule has 4 fully saturated rings. The number of likely N-dealkylation sites (tertiary alicyclic amines) is 3. The van der Waals surface area contributed by atoms with Crippen LogP contribution in [0.5, 0.6) is 0 Å². The van der Waals surface area contributed by atoms with Crippen molar-refractivity contribution in [2.24, 2.45) is 5.73 Å². The second-order valence-electron chi connectivity index (χ2n) is 30.3. The number of aromatic amines is 1. The average Bonchev–Trinajstić information content (AvgIpc) is 1.54. The zero-order valence-corrected chi connectivity index (χ0v) is 71.1. The van der Waals surface area contributed by atoms with E-state index in [0.717, 1.165) is 19.3 Å². The molecule has 126 heavy (non-hydrogen) atoms. The molecule has 14 heterocycles. The summed E-state index contributed by atoms with van der Waals surface area (Å²) in [6.45, 7) is 12.0. The van der Waals surface area contributed by atoms with E-state index < -0.39 is 178 Å². The van der Waals surface area contributed by atoms with Gasteiger partial charge in [-0.2, -0.15) is 8.78 Å². The number of anilines is 5. The van der Waals surface area contributed by atoms with Gasteiger partial charge in [-0.15, -0.1) is 0 Å². The molecule has 692 valence electrons. The van der Waals surface area contributed by atoms with Crippen LogP contribution in [0.3, 0.4) is 0 Å². The van der Waals surface area contributed by atoms with Crippen molar-refractivity contribution in [2.75, 3.05) is 68.7 Å². The van der Waals surface area contributed by atoms with Crippen LogP contribution in [0.25, 0.3) is 0 Å². The summed E-state index contributed by atoms with van der Waals surface area (Å²) in [5.74, 6) is -17.4. The summed E-state index contributed by atoms with van der Waals surface area (Å²) >= 11 is 29.9. The number of ketones is 1. The first-order valence-electron chi connectivity index (χ1n) is 35.7. The number of hydrogen-bond acceptors (Lipinski definition) is 25. The standard InChI is InChI=1S/C20H21ClF2N6O4.C16H17BrClF2N3O4.C15H13ClF2N6O2.C10H15F2NO3.C6H4BrClN2O2.C4H5N3.5CH4/c1-18(2,3)33-17(32)28-7-5-19(22,23)20(9-28)27-15(30)14-11(21)8-12(16(31)29(14)20)26-13-4-6-24-10-25-13;1-14(2,3)27-13(26)22-5-4-15(19,20)16(7-22)21-11(24)10-9(18)6-8(17)12(25)23(10)16;16-8-5-9(22-10-1-3-20-7-21-10)13(26)24-11(8)12(25)23-15(24)6-19-4-2-14(15,17)18;1-9(2,3)16-8(15)13-5-4-10(11,12)7(14)6-13;7-2-1-3(8)4(5(9)11)10-6(2)12;5-4-1-2-6-3-7-4;;;;;/h4,6,8,10H,5,7,9H2,1-3H3,(H,27,30)(H,24,25,26);6H,4-5,7H2,1-3H3,(H,21,24);1,3,5,7,19H,2,4,6H2,(H,23,25)(H,20,21,22);4-6H2,1-3H3;1H,(H2,9,11)(H,10,12);1-3H,(H2,5,6,7);5*1H4. The zero-order valence-electron chi connectivity index (χ0n) is 64.9. The smallest absolute Gasteiger partial charge is 0.410 e. The van der Waals surface area contributed by atoms with Gasteiger partial charge >= 0.3 is 24.2 Å². The molecule has 0 saturated carbocycles. The number of nitrogens with one attached hydrogen (secondary N) is 7. The monoisotopic (exact) mass is 1990 g/mol. The van der Waals surface area contributed by atoms with Crippen molar-refractivity contribution >= 4 is 155 Å². The molecule has 4 saturated heterocycles. The van der Waals surface area contributed by atoms with Crippen molar-refractivity contribution in [3.63, 3.8) is 0 Å². The fourth-order valence-electron chi connectivity index (χ4n) is 12.6. The largest absolute Gasteiger partial charge is 0.444 e. The fraction of sp³-hybridized carbons (Fsp3) is 0.474. The van der Waals surface area contributed by atoms with E-state index in [1.165, 1.54) is 67.8 Å². The van der Waals surface area contributed by atoms with Crippen LogP contribution in [-0.2, 0) is 36.0 Å². The number of Topliss-reactive ketones (excluding diaryl/α,β-unsaturated/α-hetero) is 1.